The Morgan fingerprint density at radius 1 is 1.17 bits per heavy atom. The van der Waals surface area contributed by atoms with Gasteiger partial charge in [0.2, 0.25) is 0 Å². The monoisotopic (exact) mass is 308 g/mol. The summed E-state index contributed by atoms with van der Waals surface area (Å²) in [6, 6.07) is 13.7. The molecule has 3 rings (SSSR count). The zero-order valence-electron chi connectivity index (χ0n) is 13.6. The molecule has 118 valence electrons. The van der Waals surface area contributed by atoms with E-state index in [0.29, 0.717) is 11.1 Å². The molecule has 0 aliphatic heterocycles. The third kappa shape index (κ3) is 3.03. The van der Waals surface area contributed by atoms with Crippen LogP contribution >= 0.6 is 0 Å². The van der Waals surface area contributed by atoms with E-state index in [9.17, 15) is 9.90 Å². The van der Waals surface area contributed by atoms with Crippen LogP contribution in [0.3, 0.4) is 0 Å². The van der Waals surface area contributed by atoms with Gasteiger partial charge in [-0.15, -0.1) is 0 Å². The van der Waals surface area contributed by atoms with E-state index < -0.39 is 5.60 Å². The fourth-order valence-corrected chi connectivity index (χ4v) is 2.95. The van der Waals surface area contributed by atoms with Gasteiger partial charge in [0.1, 0.15) is 0 Å². The zero-order valence-corrected chi connectivity index (χ0v) is 13.6. The van der Waals surface area contributed by atoms with Crippen molar-refractivity contribution in [2.45, 2.75) is 19.4 Å². The van der Waals surface area contributed by atoms with Gasteiger partial charge in [-0.3, -0.25) is 9.78 Å². The van der Waals surface area contributed by atoms with Gasteiger partial charge < -0.3 is 10.0 Å². The fraction of sp³-hybridized carbons (Fsp3) is 0.263. The Balaban J connectivity index is 2.18. The van der Waals surface area contributed by atoms with Crippen LogP contribution in [0.25, 0.3) is 21.7 Å². The number of hydrogen-bond donors (Lipinski definition) is 1. The van der Waals surface area contributed by atoms with Crippen LogP contribution in [-0.4, -0.2) is 40.1 Å². The molecule has 1 amide bonds. The van der Waals surface area contributed by atoms with E-state index in [0.717, 1.165) is 16.2 Å². The van der Waals surface area contributed by atoms with Crippen molar-refractivity contribution in [3.8, 4) is 0 Å². The van der Waals surface area contributed by atoms with Crippen LogP contribution in [0.15, 0.2) is 48.7 Å². The predicted octanol–water partition coefficient (Wildman–Crippen LogP) is 3.23. The summed E-state index contributed by atoms with van der Waals surface area (Å²) in [5, 5.41) is 13.0. The van der Waals surface area contributed by atoms with Gasteiger partial charge in [0.15, 0.2) is 0 Å². The molecule has 0 spiro atoms. The molecule has 0 aliphatic rings. The molecule has 4 nitrogen and oxygen atoms in total. The normalized spacial score (nSPS) is 11.8. The maximum atomic E-state index is 12.9. The van der Waals surface area contributed by atoms with Crippen molar-refractivity contribution in [3.63, 3.8) is 0 Å². The standard InChI is InChI=1S/C19H20N2O2/c1-19(2,23)12-21(3)18(22)16-11-13-7-4-5-8-14(13)15-9-6-10-20-17(15)16/h4-11,23H,12H2,1-3H3. The number of aromatic nitrogens is 1. The molecule has 0 fully saturated rings. The predicted molar refractivity (Wildman–Crippen MR) is 92.5 cm³/mol. The van der Waals surface area contributed by atoms with Gasteiger partial charge in [-0.25, -0.2) is 0 Å². The van der Waals surface area contributed by atoms with Crippen LogP contribution in [0.4, 0.5) is 0 Å². The third-order valence-electron chi connectivity index (χ3n) is 3.81. The highest BCUT2D eigenvalue weighted by Crippen LogP contribution is 2.28. The fourth-order valence-electron chi connectivity index (χ4n) is 2.95. The lowest BCUT2D eigenvalue weighted by atomic mass is 10.00. The molecule has 1 aromatic heterocycles. The minimum atomic E-state index is -0.940. The molecular formula is C19H20N2O2. The summed E-state index contributed by atoms with van der Waals surface area (Å²) < 4.78 is 0. The van der Waals surface area contributed by atoms with Crippen molar-refractivity contribution in [3.05, 3.63) is 54.2 Å². The lowest BCUT2D eigenvalue weighted by molar-refractivity contribution is 0.0369. The number of benzene rings is 2. The summed E-state index contributed by atoms with van der Waals surface area (Å²) in [5.41, 5.74) is 0.314. The number of likely N-dealkylation sites (N-methyl/N-ethyl adjacent to an activating group) is 1. The van der Waals surface area contributed by atoms with E-state index in [1.54, 1.807) is 27.1 Å². The SMILES string of the molecule is CN(CC(C)(C)O)C(=O)c1cc2ccccc2c2cccnc12. The molecule has 1 N–H and O–H groups in total. The van der Waals surface area contributed by atoms with Crippen molar-refractivity contribution in [1.29, 1.82) is 0 Å². The van der Waals surface area contributed by atoms with E-state index >= 15 is 0 Å². The van der Waals surface area contributed by atoms with E-state index in [-0.39, 0.29) is 12.5 Å². The molecule has 1 heterocycles. The van der Waals surface area contributed by atoms with Crippen LogP contribution in [-0.2, 0) is 0 Å². The molecule has 0 radical (unpaired) electrons. The first-order valence-electron chi connectivity index (χ1n) is 7.61. The second-order valence-electron chi connectivity index (χ2n) is 6.52. The average Bonchev–Trinajstić information content (AvgIpc) is 2.52. The number of carbonyl (C=O) groups excluding carboxylic acids is 1. The highest BCUT2D eigenvalue weighted by atomic mass is 16.3. The van der Waals surface area contributed by atoms with Gasteiger partial charge in [0.05, 0.1) is 16.7 Å². The lowest BCUT2D eigenvalue weighted by Crippen LogP contribution is -2.39. The van der Waals surface area contributed by atoms with Gasteiger partial charge in [0.25, 0.3) is 5.91 Å². The number of carbonyl (C=O) groups is 1. The van der Waals surface area contributed by atoms with Crippen LogP contribution in [0.2, 0.25) is 0 Å². The second-order valence-corrected chi connectivity index (χ2v) is 6.52. The molecule has 0 unspecified atom stereocenters. The van der Waals surface area contributed by atoms with Crippen LogP contribution < -0.4 is 0 Å². The Morgan fingerprint density at radius 2 is 1.87 bits per heavy atom. The first-order chi connectivity index (χ1) is 10.9. The molecule has 0 bridgehead atoms. The maximum absolute atomic E-state index is 12.9. The topological polar surface area (TPSA) is 53.4 Å². The number of aliphatic hydroxyl groups is 1. The molecule has 2 aromatic carbocycles. The number of pyridine rings is 1. The van der Waals surface area contributed by atoms with Gasteiger partial charge in [-0.2, -0.15) is 0 Å². The number of amides is 1. The van der Waals surface area contributed by atoms with Crippen molar-refractivity contribution >= 4 is 27.6 Å². The Morgan fingerprint density at radius 3 is 2.61 bits per heavy atom. The quantitative estimate of drug-likeness (QED) is 0.756. The lowest BCUT2D eigenvalue weighted by Gasteiger charge is -2.26. The molecule has 0 saturated carbocycles. The average molecular weight is 308 g/mol. The minimum absolute atomic E-state index is 0.137. The molecule has 4 heteroatoms. The smallest absolute Gasteiger partial charge is 0.255 e. The van der Waals surface area contributed by atoms with Gasteiger partial charge in [-0.05, 0) is 36.8 Å². The zero-order chi connectivity index (χ0) is 16.6. The summed E-state index contributed by atoms with van der Waals surface area (Å²) in [7, 11) is 1.70. The van der Waals surface area contributed by atoms with Crippen molar-refractivity contribution in [2.24, 2.45) is 0 Å². The number of rotatable bonds is 3. The van der Waals surface area contributed by atoms with Gasteiger partial charge >= 0.3 is 0 Å². The molecule has 0 aliphatic carbocycles. The molecule has 23 heavy (non-hydrogen) atoms. The number of hydrogen-bond acceptors (Lipinski definition) is 3. The molecule has 3 aromatic rings. The highest BCUT2D eigenvalue weighted by molar-refractivity contribution is 6.15. The molecular weight excluding hydrogens is 288 g/mol. The van der Waals surface area contributed by atoms with Crippen LogP contribution in [0.5, 0.6) is 0 Å². The van der Waals surface area contributed by atoms with Crippen molar-refractivity contribution < 1.29 is 9.90 Å². The van der Waals surface area contributed by atoms with Crippen LogP contribution in [0, 0.1) is 0 Å². The number of fused-ring (bicyclic) bond motifs is 3. The van der Waals surface area contributed by atoms with E-state index in [1.807, 2.05) is 42.5 Å². The highest BCUT2D eigenvalue weighted by Gasteiger charge is 2.22. The summed E-state index contributed by atoms with van der Waals surface area (Å²) in [4.78, 5) is 18.8. The summed E-state index contributed by atoms with van der Waals surface area (Å²) in [6.07, 6.45) is 1.70. The van der Waals surface area contributed by atoms with Crippen LogP contribution in [0.1, 0.15) is 24.2 Å². The summed E-state index contributed by atoms with van der Waals surface area (Å²) >= 11 is 0. The third-order valence-corrected chi connectivity index (χ3v) is 3.81. The Labute approximate surface area is 135 Å². The molecule has 0 atom stereocenters. The van der Waals surface area contributed by atoms with Crippen molar-refractivity contribution in [2.75, 3.05) is 13.6 Å². The second kappa shape index (κ2) is 5.63. The Hall–Kier alpha value is -2.46. The number of nitrogens with zero attached hydrogens (tertiary/aromatic N) is 2. The van der Waals surface area contributed by atoms with E-state index in [4.69, 9.17) is 0 Å². The Bertz CT molecular complexity index is 881. The summed E-state index contributed by atoms with van der Waals surface area (Å²) in [6.45, 7) is 3.63. The first kappa shape index (κ1) is 15.4. The summed E-state index contributed by atoms with van der Waals surface area (Å²) in [5.74, 6) is -0.137. The van der Waals surface area contributed by atoms with E-state index in [1.165, 1.54) is 4.90 Å². The van der Waals surface area contributed by atoms with Gasteiger partial charge in [0, 0.05) is 25.2 Å². The van der Waals surface area contributed by atoms with Gasteiger partial charge in [-0.1, -0.05) is 30.3 Å². The minimum Gasteiger partial charge on any atom is -0.389 e. The first-order valence-corrected chi connectivity index (χ1v) is 7.61. The molecule has 0 saturated heterocycles. The van der Waals surface area contributed by atoms with E-state index in [2.05, 4.69) is 4.98 Å². The van der Waals surface area contributed by atoms with Crippen molar-refractivity contribution in [1.82, 2.24) is 9.88 Å². The maximum Gasteiger partial charge on any atom is 0.255 e. The largest absolute Gasteiger partial charge is 0.389 e. The Kier molecular flexibility index (Phi) is 3.78.